The number of nitrogens with zero attached hydrogens (tertiary/aromatic N) is 2. The molecular weight excluding hydrogens is 372 g/mol. The van der Waals surface area contributed by atoms with Gasteiger partial charge in [-0.25, -0.2) is 4.79 Å². The van der Waals surface area contributed by atoms with Gasteiger partial charge >= 0.3 is 6.03 Å². The second-order valence-electron chi connectivity index (χ2n) is 7.64. The van der Waals surface area contributed by atoms with Gasteiger partial charge in [-0.3, -0.25) is 4.98 Å². The number of para-hydroxylation sites is 2. The van der Waals surface area contributed by atoms with Crippen molar-refractivity contribution >= 4 is 22.6 Å². The Balaban J connectivity index is 1.57. The van der Waals surface area contributed by atoms with Crippen LogP contribution >= 0.6 is 0 Å². The van der Waals surface area contributed by atoms with Gasteiger partial charge < -0.3 is 15.2 Å². The van der Waals surface area contributed by atoms with Crippen molar-refractivity contribution in [1.29, 1.82) is 0 Å². The summed E-state index contributed by atoms with van der Waals surface area (Å²) in [5, 5.41) is 4.38. The van der Waals surface area contributed by atoms with Crippen molar-refractivity contribution in [3.63, 3.8) is 0 Å². The van der Waals surface area contributed by atoms with Gasteiger partial charge in [-0.05, 0) is 47.7 Å². The number of carbonyl (C=O) groups excluding carboxylic acids is 1. The van der Waals surface area contributed by atoms with Gasteiger partial charge in [0.1, 0.15) is 6.04 Å². The molecule has 150 valence electrons. The smallest absolute Gasteiger partial charge is 0.322 e. The highest BCUT2D eigenvalue weighted by Crippen LogP contribution is 2.38. The van der Waals surface area contributed by atoms with E-state index in [1.165, 1.54) is 10.9 Å². The monoisotopic (exact) mass is 396 g/mol. The summed E-state index contributed by atoms with van der Waals surface area (Å²) >= 11 is 0. The normalized spacial score (nSPS) is 15.8. The number of H-pyrrole nitrogens is 1. The van der Waals surface area contributed by atoms with E-state index in [-0.39, 0.29) is 12.1 Å². The third kappa shape index (κ3) is 3.12. The molecule has 3 heterocycles. The molecule has 0 saturated carbocycles. The first kappa shape index (κ1) is 18.4. The number of amides is 2. The predicted molar refractivity (Wildman–Crippen MR) is 120 cm³/mol. The molecule has 2 aromatic heterocycles. The Morgan fingerprint density at radius 2 is 1.97 bits per heavy atom. The third-order valence-electron chi connectivity index (χ3n) is 5.94. The van der Waals surface area contributed by atoms with Gasteiger partial charge in [0, 0.05) is 41.2 Å². The zero-order chi connectivity index (χ0) is 20.5. The number of rotatable bonds is 3. The number of urea groups is 1. The molecule has 5 heteroatoms. The fourth-order valence-electron chi connectivity index (χ4n) is 4.48. The van der Waals surface area contributed by atoms with Crippen molar-refractivity contribution < 1.29 is 4.79 Å². The quantitative estimate of drug-likeness (QED) is 0.493. The minimum Gasteiger partial charge on any atom is -0.356 e. The first-order chi connectivity index (χ1) is 14.8. The Kier molecular flexibility index (Phi) is 4.71. The largest absolute Gasteiger partial charge is 0.356 e. The van der Waals surface area contributed by atoms with Gasteiger partial charge in [-0.2, -0.15) is 0 Å². The van der Waals surface area contributed by atoms with Crippen LogP contribution in [0.4, 0.5) is 10.5 Å². The summed E-state index contributed by atoms with van der Waals surface area (Å²) in [6.07, 6.45) is 5.31. The number of hydrogen-bond acceptors (Lipinski definition) is 2. The van der Waals surface area contributed by atoms with Gasteiger partial charge in [0.15, 0.2) is 0 Å². The minimum atomic E-state index is -0.205. The Morgan fingerprint density at radius 3 is 2.80 bits per heavy atom. The molecule has 1 atom stereocenters. The lowest BCUT2D eigenvalue weighted by Gasteiger charge is -2.36. The van der Waals surface area contributed by atoms with E-state index in [9.17, 15) is 4.79 Å². The van der Waals surface area contributed by atoms with E-state index in [0.717, 1.165) is 40.9 Å². The van der Waals surface area contributed by atoms with Crippen molar-refractivity contribution in [2.24, 2.45) is 0 Å². The number of aryl methyl sites for hydroxylation is 1. The molecule has 0 radical (unpaired) electrons. The van der Waals surface area contributed by atoms with E-state index < -0.39 is 0 Å². The number of carbonyl (C=O) groups is 1. The van der Waals surface area contributed by atoms with Crippen LogP contribution in [0.3, 0.4) is 0 Å². The van der Waals surface area contributed by atoms with Crippen LogP contribution in [0.2, 0.25) is 0 Å². The van der Waals surface area contributed by atoms with Gasteiger partial charge in [-0.1, -0.05) is 49.4 Å². The van der Waals surface area contributed by atoms with E-state index in [0.29, 0.717) is 6.54 Å². The SMILES string of the molecule is CCc1ccccc1NC(=O)N1CCc2c([nH]c3ccccc23)[C@H]1c1cccnc1. The fourth-order valence-corrected chi connectivity index (χ4v) is 4.48. The van der Waals surface area contributed by atoms with E-state index in [1.807, 2.05) is 47.5 Å². The van der Waals surface area contributed by atoms with Gasteiger partial charge in [0.2, 0.25) is 0 Å². The first-order valence-corrected chi connectivity index (χ1v) is 10.4. The summed E-state index contributed by atoms with van der Waals surface area (Å²) < 4.78 is 0. The lowest BCUT2D eigenvalue weighted by molar-refractivity contribution is 0.193. The molecule has 5 rings (SSSR count). The highest BCUT2D eigenvalue weighted by Gasteiger charge is 2.34. The second-order valence-corrected chi connectivity index (χ2v) is 7.64. The van der Waals surface area contributed by atoms with Crippen LogP contribution in [-0.2, 0) is 12.8 Å². The second kappa shape index (κ2) is 7.67. The maximum absolute atomic E-state index is 13.4. The van der Waals surface area contributed by atoms with Gasteiger partial charge in [0.25, 0.3) is 0 Å². The Hall–Kier alpha value is -3.60. The molecule has 2 aromatic carbocycles. The van der Waals surface area contributed by atoms with Crippen LogP contribution in [-0.4, -0.2) is 27.4 Å². The number of aromatic nitrogens is 2. The van der Waals surface area contributed by atoms with Crippen LogP contribution < -0.4 is 5.32 Å². The topological polar surface area (TPSA) is 61.0 Å². The lowest BCUT2D eigenvalue weighted by Crippen LogP contribution is -2.43. The molecule has 2 amide bonds. The first-order valence-electron chi connectivity index (χ1n) is 10.4. The number of benzene rings is 2. The average molecular weight is 396 g/mol. The van der Waals surface area contributed by atoms with E-state index in [1.54, 1.807) is 6.20 Å². The number of aromatic amines is 1. The lowest BCUT2D eigenvalue weighted by atomic mass is 9.93. The molecular formula is C25H24N4O. The summed E-state index contributed by atoms with van der Waals surface area (Å²) in [6.45, 7) is 2.75. The summed E-state index contributed by atoms with van der Waals surface area (Å²) in [7, 11) is 0. The number of fused-ring (bicyclic) bond motifs is 3. The van der Waals surface area contributed by atoms with Crippen molar-refractivity contribution in [1.82, 2.24) is 14.9 Å². The maximum Gasteiger partial charge on any atom is 0.322 e. The molecule has 1 aliphatic rings. The standard InChI is InChI=1S/C25H24N4O/c1-2-17-8-3-5-11-21(17)28-25(30)29-15-13-20-19-10-4-6-12-22(19)27-23(20)24(29)18-9-7-14-26-16-18/h3-12,14,16,24,27H,2,13,15H2,1H3,(H,28,30)/t24-/m1/s1. The zero-order valence-corrected chi connectivity index (χ0v) is 16.9. The van der Waals surface area contributed by atoms with Crippen molar-refractivity contribution in [2.75, 3.05) is 11.9 Å². The van der Waals surface area contributed by atoms with Gasteiger partial charge in [0.05, 0.1) is 0 Å². The van der Waals surface area contributed by atoms with Crippen LogP contribution in [0, 0.1) is 0 Å². The van der Waals surface area contributed by atoms with Crippen molar-refractivity contribution in [2.45, 2.75) is 25.8 Å². The number of pyridine rings is 1. The number of nitrogens with one attached hydrogen (secondary N) is 2. The number of hydrogen-bond donors (Lipinski definition) is 2. The Labute approximate surface area is 175 Å². The molecule has 0 aliphatic carbocycles. The molecule has 30 heavy (non-hydrogen) atoms. The molecule has 1 aliphatic heterocycles. The predicted octanol–water partition coefficient (Wildman–Crippen LogP) is 5.30. The molecule has 4 aromatic rings. The van der Waals surface area contributed by atoms with Crippen LogP contribution in [0.1, 0.15) is 35.3 Å². The van der Waals surface area contributed by atoms with Crippen LogP contribution in [0.15, 0.2) is 73.1 Å². The molecule has 5 nitrogen and oxygen atoms in total. The van der Waals surface area contributed by atoms with Crippen molar-refractivity contribution in [3.8, 4) is 0 Å². The Bertz CT molecular complexity index is 1200. The fraction of sp³-hybridized carbons (Fsp3) is 0.200. The summed E-state index contributed by atoms with van der Waals surface area (Å²) in [5.74, 6) is 0. The Morgan fingerprint density at radius 1 is 1.13 bits per heavy atom. The average Bonchev–Trinajstić information content (AvgIpc) is 3.18. The zero-order valence-electron chi connectivity index (χ0n) is 16.9. The molecule has 2 N–H and O–H groups in total. The summed E-state index contributed by atoms with van der Waals surface area (Å²) in [6, 6.07) is 20.0. The molecule has 0 spiro atoms. The highest BCUT2D eigenvalue weighted by molar-refractivity contribution is 5.92. The minimum absolute atomic E-state index is 0.0888. The molecule has 0 bridgehead atoms. The summed E-state index contributed by atoms with van der Waals surface area (Å²) in [4.78, 5) is 23.2. The van der Waals surface area contributed by atoms with E-state index in [4.69, 9.17) is 0 Å². The van der Waals surface area contributed by atoms with Gasteiger partial charge in [-0.15, -0.1) is 0 Å². The van der Waals surface area contributed by atoms with E-state index in [2.05, 4.69) is 46.5 Å². The van der Waals surface area contributed by atoms with Crippen LogP contribution in [0.5, 0.6) is 0 Å². The molecule has 0 unspecified atom stereocenters. The third-order valence-corrected chi connectivity index (χ3v) is 5.94. The van der Waals surface area contributed by atoms with Crippen LogP contribution in [0.25, 0.3) is 10.9 Å². The molecule has 0 fully saturated rings. The van der Waals surface area contributed by atoms with Crippen molar-refractivity contribution in [3.05, 3.63) is 95.4 Å². The summed E-state index contributed by atoms with van der Waals surface area (Å²) in [5.41, 5.74) is 6.48. The number of anilines is 1. The van der Waals surface area contributed by atoms with E-state index >= 15 is 0 Å². The molecule has 0 saturated heterocycles. The highest BCUT2D eigenvalue weighted by atomic mass is 16.2. The maximum atomic E-state index is 13.4.